The van der Waals surface area contributed by atoms with Crippen molar-refractivity contribution in [1.82, 2.24) is 10.6 Å². The van der Waals surface area contributed by atoms with Crippen LogP contribution in [-0.2, 0) is 0 Å². The van der Waals surface area contributed by atoms with E-state index in [1.807, 2.05) is 0 Å². The van der Waals surface area contributed by atoms with Crippen LogP contribution in [0.4, 0.5) is 4.79 Å². The number of carbonyl (C=O) groups is 1. The van der Waals surface area contributed by atoms with Crippen LogP contribution in [0.3, 0.4) is 0 Å². The second-order valence-electron chi connectivity index (χ2n) is 5.39. The molecule has 0 unspecified atom stereocenters. The maximum Gasteiger partial charge on any atom is 0.314 e. The fourth-order valence-corrected chi connectivity index (χ4v) is 2.62. The van der Waals surface area contributed by atoms with Crippen molar-refractivity contribution in [3.63, 3.8) is 0 Å². The molecule has 2 saturated carbocycles. The first kappa shape index (κ1) is 11.7. The number of amides is 2. The van der Waals surface area contributed by atoms with Gasteiger partial charge >= 0.3 is 6.03 Å². The summed E-state index contributed by atoms with van der Waals surface area (Å²) in [6, 6.07) is 0.0393. The highest BCUT2D eigenvalue weighted by Gasteiger charge is 2.18. The third kappa shape index (κ3) is 3.69. The van der Waals surface area contributed by atoms with E-state index < -0.39 is 0 Å². The van der Waals surface area contributed by atoms with Gasteiger partial charge in [-0.05, 0) is 37.5 Å². The van der Waals surface area contributed by atoms with Crippen molar-refractivity contribution in [2.24, 2.45) is 11.8 Å². The molecule has 0 aromatic heterocycles. The molecule has 3 heteroatoms. The third-order valence-electron chi connectivity index (χ3n) is 4.05. The Balaban J connectivity index is 1.52. The van der Waals surface area contributed by atoms with E-state index in [4.69, 9.17) is 0 Å². The molecule has 0 heterocycles. The molecule has 0 radical (unpaired) electrons. The maximum absolute atomic E-state index is 11.5. The summed E-state index contributed by atoms with van der Waals surface area (Å²) in [6.07, 6.45) is 10.6. The summed E-state index contributed by atoms with van der Waals surface area (Å²) >= 11 is 0. The van der Waals surface area contributed by atoms with Crippen molar-refractivity contribution in [2.45, 2.75) is 51.4 Å². The zero-order valence-corrected chi connectivity index (χ0v) is 10.1. The minimum absolute atomic E-state index is 0.0393. The summed E-state index contributed by atoms with van der Waals surface area (Å²) in [7, 11) is 0. The molecule has 2 fully saturated rings. The molecule has 2 rings (SSSR count). The lowest BCUT2D eigenvalue weighted by Gasteiger charge is -2.26. The van der Waals surface area contributed by atoms with Gasteiger partial charge in [-0.25, -0.2) is 4.79 Å². The Morgan fingerprint density at radius 3 is 1.75 bits per heavy atom. The summed E-state index contributed by atoms with van der Waals surface area (Å²) in [5, 5.41) is 5.98. The van der Waals surface area contributed by atoms with Crippen LogP contribution < -0.4 is 10.6 Å². The lowest BCUT2D eigenvalue weighted by Crippen LogP contribution is -2.41. The van der Waals surface area contributed by atoms with Gasteiger partial charge in [-0.3, -0.25) is 0 Å². The number of rotatable bonds is 4. The number of urea groups is 1. The molecule has 0 aromatic rings. The van der Waals surface area contributed by atoms with E-state index in [2.05, 4.69) is 10.6 Å². The molecule has 2 amide bonds. The minimum atomic E-state index is 0.0393. The zero-order chi connectivity index (χ0) is 11.2. The molecule has 2 aliphatic rings. The second-order valence-corrected chi connectivity index (χ2v) is 5.39. The topological polar surface area (TPSA) is 41.1 Å². The van der Waals surface area contributed by atoms with Gasteiger partial charge in [-0.1, -0.05) is 25.7 Å². The molecule has 2 aliphatic carbocycles. The quantitative estimate of drug-likeness (QED) is 0.757. The predicted octanol–water partition coefficient (Wildman–Crippen LogP) is 2.67. The molecule has 16 heavy (non-hydrogen) atoms. The Kier molecular flexibility index (Phi) is 4.49. The van der Waals surface area contributed by atoms with Crippen molar-refractivity contribution >= 4 is 6.03 Å². The standard InChI is InChI=1S/C13H24N2O/c16-13(15-10-12-7-4-8-12)14-9-11-5-2-1-3-6-11/h11-12H,1-10H2,(H2,14,15,16). The lowest BCUT2D eigenvalue weighted by atomic mass is 9.85. The summed E-state index contributed by atoms with van der Waals surface area (Å²) < 4.78 is 0. The first-order chi connectivity index (χ1) is 7.84. The van der Waals surface area contributed by atoms with Gasteiger partial charge in [-0.2, -0.15) is 0 Å². The highest BCUT2D eigenvalue weighted by molar-refractivity contribution is 5.73. The predicted molar refractivity (Wildman–Crippen MR) is 65.3 cm³/mol. The molecule has 3 nitrogen and oxygen atoms in total. The smallest absolute Gasteiger partial charge is 0.314 e. The molecule has 0 aliphatic heterocycles. The van der Waals surface area contributed by atoms with Crippen LogP contribution in [0, 0.1) is 11.8 Å². The molecule has 0 atom stereocenters. The Bertz CT molecular complexity index is 220. The van der Waals surface area contributed by atoms with Gasteiger partial charge in [-0.15, -0.1) is 0 Å². The average molecular weight is 224 g/mol. The van der Waals surface area contributed by atoms with Gasteiger partial charge in [0.05, 0.1) is 0 Å². The van der Waals surface area contributed by atoms with Crippen LogP contribution in [0.2, 0.25) is 0 Å². The lowest BCUT2D eigenvalue weighted by molar-refractivity contribution is 0.228. The third-order valence-corrected chi connectivity index (χ3v) is 4.05. The number of hydrogen-bond acceptors (Lipinski definition) is 1. The van der Waals surface area contributed by atoms with E-state index in [0.717, 1.165) is 24.9 Å². The van der Waals surface area contributed by atoms with Crippen molar-refractivity contribution < 1.29 is 4.79 Å². The largest absolute Gasteiger partial charge is 0.338 e. The fourth-order valence-electron chi connectivity index (χ4n) is 2.62. The van der Waals surface area contributed by atoms with E-state index in [9.17, 15) is 4.79 Å². The normalized spacial score (nSPS) is 22.5. The molecule has 0 saturated heterocycles. The van der Waals surface area contributed by atoms with E-state index in [1.165, 1.54) is 51.4 Å². The van der Waals surface area contributed by atoms with Crippen molar-refractivity contribution in [3.8, 4) is 0 Å². The van der Waals surface area contributed by atoms with E-state index in [-0.39, 0.29) is 6.03 Å². The van der Waals surface area contributed by atoms with Crippen LogP contribution in [-0.4, -0.2) is 19.1 Å². The highest BCUT2D eigenvalue weighted by atomic mass is 16.2. The van der Waals surface area contributed by atoms with Gasteiger partial charge < -0.3 is 10.6 Å². The van der Waals surface area contributed by atoms with Crippen LogP contribution in [0.25, 0.3) is 0 Å². The Morgan fingerprint density at radius 1 is 0.812 bits per heavy atom. The van der Waals surface area contributed by atoms with Gasteiger partial charge in [0.2, 0.25) is 0 Å². The van der Waals surface area contributed by atoms with Gasteiger partial charge in [0.1, 0.15) is 0 Å². The summed E-state index contributed by atoms with van der Waals surface area (Å²) in [5.74, 6) is 1.48. The molecule has 0 bridgehead atoms. The molecule has 0 spiro atoms. The van der Waals surface area contributed by atoms with E-state index >= 15 is 0 Å². The van der Waals surface area contributed by atoms with Crippen LogP contribution in [0.15, 0.2) is 0 Å². The van der Waals surface area contributed by atoms with Crippen LogP contribution in [0.5, 0.6) is 0 Å². The Labute approximate surface area is 98.4 Å². The van der Waals surface area contributed by atoms with Gasteiger partial charge in [0, 0.05) is 13.1 Å². The van der Waals surface area contributed by atoms with E-state index in [0.29, 0.717) is 0 Å². The average Bonchev–Trinajstić information content (AvgIpc) is 2.26. The Hall–Kier alpha value is -0.730. The molecule has 0 aromatic carbocycles. The molecule has 2 N–H and O–H groups in total. The van der Waals surface area contributed by atoms with Crippen molar-refractivity contribution in [3.05, 3.63) is 0 Å². The molecular weight excluding hydrogens is 200 g/mol. The number of nitrogens with one attached hydrogen (secondary N) is 2. The second kappa shape index (κ2) is 6.12. The van der Waals surface area contributed by atoms with E-state index in [1.54, 1.807) is 0 Å². The van der Waals surface area contributed by atoms with Crippen LogP contribution in [0.1, 0.15) is 51.4 Å². The summed E-state index contributed by atoms with van der Waals surface area (Å²) in [5.41, 5.74) is 0. The summed E-state index contributed by atoms with van der Waals surface area (Å²) in [4.78, 5) is 11.5. The Morgan fingerprint density at radius 2 is 1.31 bits per heavy atom. The first-order valence-electron chi connectivity index (χ1n) is 6.86. The maximum atomic E-state index is 11.5. The van der Waals surface area contributed by atoms with Crippen molar-refractivity contribution in [2.75, 3.05) is 13.1 Å². The highest BCUT2D eigenvalue weighted by Crippen LogP contribution is 2.25. The first-order valence-corrected chi connectivity index (χ1v) is 6.86. The van der Waals surface area contributed by atoms with Gasteiger partial charge in [0.15, 0.2) is 0 Å². The fraction of sp³-hybridized carbons (Fsp3) is 0.923. The number of carbonyl (C=O) groups excluding carboxylic acids is 1. The van der Waals surface area contributed by atoms with Gasteiger partial charge in [0.25, 0.3) is 0 Å². The number of hydrogen-bond donors (Lipinski definition) is 2. The minimum Gasteiger partial charge on any atom is -0.338 e. The van der Waals surface area contributed by atoms with Crippen LogP contribution >= 0.6 is 0 Å². The zero-order valence-electron chi connectivity index (χ0n) is 10.1. The summed E-state index contributed by atoms with van der Waals surface area (Å²) in [6.45, 7) is 1.74. The molecule has 92 valence electrons. The SMILES string of the molecule is O=C(NCC1CCCCC1)NCC1CCC1. The van der Waals surface area contributed by atoms with Crippen molar-refractivity contribution in [1.29, 1.82) is 0 Å². The monoisotopic (exact) mass is 224 g/mol. The molecular formula is C13H24N2O.